The Kier molecular flexibility index (Phi) is 6.52. The molecule has 142 valence electrons. The van der Waals surface area contributed by atoms with E-state index in [4.69, 9.17) is 5.11 Å². The van der Waals surface area contributed by atoms with E-state index in [0.717, 1.165) is 42.6 Å². The molecule has 1 amide bonds. The van der Waals surface area contributed by atoms with Crippen LogP contribution >= 0.6 is 0 Å². The van der Waals surface area contributed by atoms with Gasteiger partial charge in [0.15, 0.2) is 0 Å². The van der Waals surface area contributed by atoms with Gasteiger partial charge in [0.25, 0.3) is 0 Å². The van der Waals surface area contributed by atoms with Crippen LogP contribution in [-0.2, 0) is 29.0 Å². The minimum atomic E-state index is -0.778. The molecule has 0 bridgehead atoms. The first-order chi connectivity index (χ1) is 13.1. The van der Waals surface area contributed by atoms with Gasteiger partial charge >= 0.3 is 5.97 Å². The number of carboxylic acid groups (broad SMARTS) is 1. The number of aliphatic carboxylic acids is 1. The van der Waals surface area contributed by atoms with E-state index in [1.807, 2.05) is 23.1 Å². The zero-order valence-electron chi connectivity index (χ0n) is 15.4. The summed E-state index contributed by atoms with van der Waals surface area (Å²) in [6, 6.07) is 10.2. The van der Waals surface area contributed by atoms with E-state index in [1.54, 1.807) is 6.33 Å². The van der Waals surface area contributed by atoms with Gasteiger partial charge in [0.05, 0.1) is 11.4 Å². The Labute approximate surface area is 159 Å². The summed E-state index contributed by atoms with van der Waals surface area (Å²) in [5.74, 6) is -0.648. The highest BCUT2D eigenvalue weighted by molar-refractivity contribution is 5.76. The molecule has 1 aromatic carbocycles. The van der Waals surface area contributed by atoms with Crippen molar-refractivity contribution in [1.82, 2.24) is 14.9 Å². The molecule has 0 unspecified atom stereocenters. The van der Waals surface area contributed by atoms with Crippen molar-refractivity contribution in [3.8, 4) is 0 Å². The van der Waals surface area contributed by atoms with Crippen molar-refractivity contribution in [2.45, 2.75) is 51.5 Å². The fourth-order valence-electron chi connectivity index (χ4n) is 3.44. The number of carboxylic acids is 1. The maximum absolute atomic E-state index is 12.5. The molecule has 0 aliphatic carbocycles. The molecular formula is C21H25N3O3. The third kappa shape index (κ3) is 5.36. The topological polar surface area (TPSA) is 83.4 Å². The van der Waals surface area contributed by atoms with Gasteiger partial charge < -0.3 is 10.0 Å². The van der Waals surface area contributed by atoms with E-state index in [0.29, 0.717) is 25.9 Å². The summed E-state index contributed by atoms with van der Waals surface area (Å²) >= 11 is 0. The van der Waals surface area contributed by atoms with Crippen molar-refractivity contribution in [2.24, 2.45) is 0 Å². The lowest BCUT2D eigenvalue weighted by atomic mass is 9.99. The Bertz CT molecular complexity index is 793. The molecule has 6 nitrogen and oxygen atoms in total. The second-order valence-corrected chi connectivity index (χ2v) is 6.93. The Hall–Kier alpha value is -2.76. The van der Waals surface area contributed by atoms with Crippen molar-refractivity contribution >= 4 is 11.9 Å². The van der Waals surface area contributed by atoms with E-state index < -0.39 is 5.97 Å². The lowest BCUT2D eigenvalue weighted by Gasteiger charge is -2.29. The summed E-state index contributed by atoms with van der Waals surface area (Å²) in [7, 11) is 0. The van der Waals surface area contributed by atoms with Gasteiger partial charge in [0, 0.05) is 44.3 Å². The highest BCUT2D eigenvalue weighted by Gasteiger charge is 2.24. The number of carbonyl (C=O) groups is 2. The molecular weight excluding hydrogens is 342 g/mol. The smallest absolute Gasteiger partial charge is 0.303 e. The Morgan fingerprint density at radius 3 is 2.59 bits per heavy atom. The number of rotatable bonds is 8. The van der Waals surface area contributed by atoms with Gasteiger partial charge in [-0.15, -0.1) is 0 Å². The summed E-state index contributed by atoms with van der Waals surface area (Å²) in [4.78, 5) is 33.9. The first-order valence-corrected chi connectivity index (χ1v) is 9.48. The molecule has 2 heterocycles. The maximum Gasteiger partial charge on any atom is 0.303 e. The number of hydrogen-bond acceptors (Lipinski definition) is 4. The van der Waals surface area contributed by atoms with Crippen LogP contribution in [0.1, 0.15) is 54.6 Å². The van der Waals surface area contributed by atoms with Gasteiger partial charge in [-0.2, -0.15) is 0 Å². The molecule has 1 aliphatic heterocycles. The number of amides is 1. The van der Waals surface area contributed by atoms with Gasteiger partial charge in [-0.1, -0.05) is 36.8 Å². The van der Waals surface area contributed by atoms with Crippen LogP contribution in [0.25, 0.3) is 0 Å². The quantitative estimate of drug-likeness (QED) is 0.725. The zero-order valence-corrected chi connectivity index (χ0v) is 15.4. The monoisotopic (exact) mass is 367 g/mol. The largest absolute Gasteiger partial charge is 0.481 e. The van der Waals surface area contributed by atoms with Gasteiger partial charge in [-0.25, -0.2) is 9.97 Å². The SMILES string of the molecule is O=C(O)CCCCCC(=O)N1CCc2ncnc(Cc3ccccc3)c2C1. The van der Waals surface area contributed by atoms with Gasteiger partial charge in [0.1, 0.15) is 6.33 Å². The molecule has 6 heteroatoms. The highest BCUT2D eigenvalue weighted by Crippen LogP contribution is 2.22. The first-order valence-electron chi connectivity index (χ1n) is 9.48. The number of aromatic nitrogens is 2. The van der Waals surface area contributed by atoms with E-state index in [9.17, 15) is 9.59 Å². The summed E-state index contributed by atoms with van der Waals surface area (Å²) in [6.45, 7) is 1.25. The van der Waals surface area contributed by atoms with Gasteiger partial charge in [-0.05, 0) is 18.4 Å². The molecule has 1 N–H and O–H groups in total. The number of unbranched alkanes of at least 4 members (excludes halogenated alkanes) is 2. The minimum absolute atomic E-state index is 0.130. The van der Waals surface area contributed by atoms with Gasteiger partial charge in [-0.3, -0.25) is 9.59 Å². The number of benzene rings is 1. The first kappa shape index (κ1) is 19.0. The van der Waals surface area contributed by atoms with Crippen molar-refractivity contribution in [3.05, 3.63) is 59.2 Å². The van der Waals surface area contributed by atoms with Crippen LogP contribution in [0.5, 0.6) is 0 Å². The molecule has 27 heavy (non-hydrogen) atoms. The number of fused-ring (bicyclic) bond motifs is 1. The van der Waals surface area contributed by atoms with Crippen LogP contribution in [0.4, 0.5) is 0 Å². The molecule has 0 saturated carbocycles. The Morgan fingerprint density at radius 1 is 1.04 bits per heavy atom. The predicted molar refractivity (Wildman–Crippen MR) is 101 cm³/mol. The molecule has 0 radical (unpaired) electrons. The maximum atomic E-state index is 12.5. The summed E-state index contributed by atoms with van der Waals surface area (Å²) in [5.41, 5.74) is 4.30. The fraction of sp³-hybridized carbons (Fsp3) is 0.429. The standard InChI is InChI=1S/C21H25N3O3/c25-20(9-5-2-6-10-21(26)27)24-12-11-18-17(14-24)19(23-15-22-18)13-16-7-3-1-4-8-16/h1,3-4,7-8,15H,2,5-6,9-14H2,(H,26,27). The van der Waals surface area contributed by atoms with E-state index in [-0.39, 0.29) is 12.3 Å². The fourth-order valence-corrected chi connectivity index (χ4v) is 3.44. The predicted octanol–water partition coefficient (Wildman–Crippen LogP) is 2.99. The van der Waals surface area contributed by atoms with Crippen molar-refractivity contribution < 1.29 is 14.7 Å². The average molecular weight is 367 g/mol. The van der Waals surface area contributed by atoms with Crippen molar-refractivity contribution in [1.29, 1.82) is 0 Å². The molecule has 0 atom stereocenters. The summed E-state index contributed by atoms with van der Waals surface area (Å²) in [5, 5.41) is 8.66. The van der Waals surface area contributed by atoms with Gasteiger partial charge in [0.2, 0.25) is 5.91 Å². The molecule has 2 aromatic rings. The second-order valence-electron chi connectivity index (χ2n) is 6.93. The molecule has 0 fully saturated rings. The normalized spacial score (nSPS) is 13.3. The third-order valence-electron chi connectivity index (χ3n) is 4.94. The summed E-state index contributed by atoms with van der Waals surface area (Å²) in [6.07, 6.45) is 5.88. The Morgan fingerprint density at radius 2 is 1.81 bits per heavy atom. The van der Waals surface area contributed by atoms with Crippen LogP contribution in [0.15, 0.2) is 36.7 Å². The highest BCUT2D eigenvalue weighted by atomic mass is 16.4. The van der Waals surface area contributed by atoms with E-state index in [2.05, 4.69) is 22.1 Å². The van der Waals surface area contributed by atoms with Crippen LogP contribution < -0.4 is 0 Å². The minimum Gasteiger partial charge on any atom is -0.481 e. The van der Waals surface area contributed by atoms with Crippen molar-refractivity contribution in [3.63, 3.8) is 0 Å². The van der Waals surface area contributed by atoms with E-state index >= 15 is 0 Å². The third-order valence-corrected chi connectivity index (χ3v) is 4.94. The second kappa shape index (κ2) is 9.26. The number of nitrogens with zero attached hydrogens (tertiary/aromatic N) is 3. The van der Waals surface area contributed by atoms with E-state index in [1.165, 1.54) is 5.56 Å². The van der Waals surface area contributed by atoms with Crippen LogP contribution in [0.3, 0.4) is 0 Å². The average Bonchev–Trinajstić information content (AvgIpc) is 2.68. The molecule has 3 rings (SSSR count). The number of hydrogen-bond donors (Lipinski definition) is 1. The molecule has 1 aromatic heterocycles. The molecule has 1 aliphatic rings. The van der Waals surface area contributed by atoms with Crippen LogP contribution in [0, 0.1) is 0 Å². The molecule has 0 spiro atoms. The Balaban J connectivity index is 1.59. The van der Waals surface area contributed by atoms with Crippen molar-refractivity contribution in [2.75, 3.05) is 6.54 Å². The van der Waals surface area contributed by atoms with Crippen LogP contribution in [-0.4, -0.2) is 38.4 Å². The zero-order chi connectivity index (χ0) is 19.1. The lowest BCUT2D eigenvalue weighted by Crippen LogP contribution is -2.37. The van der Waals surface area contributed by atoms with Crippen LogP contribution in [0.2, 0.25) is 0 Å². The molecule has 0 saturated heterocycles. The number of carbonyl (C=O) groups excluding carboxylic acids is 1. The summed E-state index contributed by atoms with van der Waals surface area (Å²) < 4.78 is 0. The lowest BCUT2D eigenvalue weighted by molar-refractivity contribution is -0.137.